The highest BCUT2D eigenvalue weighted by Crippen LogP contribution is 2.38. The lowest BCUT2D eigenvalue weighted by Gasteiger charge is -2.37. The van der Waals surface area contributed by atoms with Crippen LogP contribution in [0, 0.1) is 5.41 Å². The van der Waals surface area contributed by atoms with Gasteiger partial charge in [-0.3, -0.25) is 0 Å². The minimum atomic E-state index is -1.08. The fraction of sp³-hybridized carbons (Fsp3) is 0.542. The van der Waals surface area contributed by atoms with Crippen molar-refractivity contribution in [2.24, 2.45) is 10.5 Å². The molecule has 0 saturated heterocycles. The molecule has 2 rings (SSSR count). The highest BCUT2D eigenvalue weighted by molar-refractivity contribution is 6.76. The third kappa shape index (κ3) is 7.64. The Labute approximate surface area is 182 Å². The Hall–Kier alpha value is -2.07. The molecule has 1 aliphatic rings. The van der Waals surface area contributed by atoms with Crippen molar-refractivity contribution in [3.05, 3.63) is 63.2 Å². The average molecular weight is 426 g/mol. The largest absolute Gasteiger partial charge is 0.356 e. The third-order valence-corrected chi connectivity index (χ3v) is 7.21. The van der Waals surface area contributed by atoms with Gasteiger partial charge >= 0.3 is 0 Å². The van der Waals surface area contributed by atoms with Crippen LogP contribution in [-0.2, 0) is 9.47 Å². The lowest BCUT2D eigenvalue weighted by Crippen LogP contribution is -2.34. The number of hydrogen-bond acceptors (Lipinski definition) is 3. The Kier molecular flexibility index (Phi) is 8.72. The topological polar surface area (TPSA) is 67.2 Å². The minimum Gasteiger partial charge on any atom is -0.356 e. The van der Waals surface area contributed by atoms with Gasteiger partial charge in [0.25, 0.3) is 0 Å². The predicted octanol–water partition coefficient (Wildman–Crippen LogP) is 7.63. The van der Waals surface area contributed by atoms with Crippen LogP contribution in [-0.4, -0.2) is 27.6 Å². The Balaban J connectivity index is 2.10. The van der Waals surface area contributed by atoms with Gasteiger partial charge in [0.05, 0.1) is 6.10 Å². The molecular weight excluding hydrogens is 390 g/mol. The van der Waals surface area contributed by atoms with Gasteiger partial charge in [-0.2, -0.15) is 0 Å². The summed E-state index contributed by atoms with van der Waals surface area (Å²) in [5.74, 6) is 0. The van der Waals surface area contributed by atoms with Crippen LogP contribution in [0.1, 0.15) is 39.2 Å². The van der Waals surface area contributed by atoms with Gasteiger partial charge < -0.3 is 9.47 Å². The zero-order chi connectivity index (χ0) is 22.2. The monoisotopic (exact) mass is 425 g/mol. The summed E-state index contributed by atoms with van der Waals surface area (Å²) in [5.41, 5.74) is 16.0. The molecule has 0 saturated carbocycles. The lowest BCUT2D eigenvalue weighted by atomic mass is 9.75. The molecule has 1 aliphatic carbocycles. The highest BCUT2D eigenvalue weighted by Gasteiger charge is 2.33. The normalized spacial score (nSPS) is 18.1. The van der Waals surface area contributed by atoms with Gasteiger partial charge in [-0.1, -0.05) is 68.9 Å². The Bertz CT molecular complexity index is 871. The van der Waals surface area contributed by atoms with Crippen molar-refractivity contribution in [1.29, 1.82) is 0 Å². The van der Waals surface area contributed by atoms with Crippen LogP contribution in [0.25, 0.3) is 16.5 Å². The van der Waals surface area contributed by atoms with Gasteiger partial charge in [0.15, 0.2) is 0 Å². The summed E-state index contributed by atoms with van der Waals surface area (Å²) in [4.78, 5) is 2.90. The fourth-order valence-corrected chi connectivity index (χ4v) is 4.02. The second kappa shape index (κ2) is 10.8. The second-order valence-electron chi connectivity index (χ2n) is 9.77. The molecule has 0 heterocycles. The first kappa shape index (κ1) is 24.2. The molecule has 0 fully saturated rings. The van der Waals surface area contributed by atoms with Crippen molar-refractivity contribution in [1.82, 2.24) is 0 Å². The van der Waals surface area contributed by atoms with Gasteiger partial charge in [0.1, 0.15) is 6.79 Å². The Morgan fingerprint density at radius 1 is 1.33 bits per heavy atom. The molecule has 162 valence electrons. The van der Waals surface area contributed by atoms with Crippen LogP contribution in [0.15, 0.2) is 52.3 Å². The summed E-state index contributed by atoms with van der Waals surface area (Å²) in [6, 6.07) is 8.66. The SMILES string of the molecule is CC(=C=Cc1ccccc1N=[N+]=[N-])C1=CC(OCOCC[Si](C)(C)C)C(C)(C)CC1. The van der Waals surface area contributed by atoms with Crippen molar-refractivity contribution in [3.63, 3.8) is 0 Å². The van der Waals surface area contributed by atoms with Crippen molar-refractivity contribution in [2.45, 2.75) is 65.4 Å². The van der Waals surface area contributed by atoms with E-state index >= 15 is 0 Å². The number of allylic oxidation sites excluding steroid dienone is 2. The molecule has 0 aliphatic heterocycles. The summed E-state index contributed by atoms with van der Waals surface area (Å²) >= 11 is 0. The smallest absolute Gasteiger partial charge is 0.147 e. The van der Waals surface area contributed by atoms with E-state index in [1.165, 1.54) is 5.57 Å². The number of benzene rings is 1. The molecule has 0 spiro atoms. The van der Waals surface area contributed by atoms with Crippen LogP contribution >= 0.6 is 0 Å². The maximum absolute atomic E-state index is 8.74. The van der Waals surface area contributed by atoms with Gasteiger partial charge in [0, 0.05) is 25.3 Å². The summed E-state index contributed by atoms with van der Waals surface area (Å²) in [6.07, 6.45) is 6.16. The van der Waals surface area contributed by atoms with E-state index in [-0.39, 0.29) is 11.5 Å². The zero-order valence-electron chi connectivity index (χ0n) is 19.2. The van der Waals surface area contributed by atoms with Crippen LogP contribution < -0.4 is 0 Å². The first-order valence-corrected chi connectivity index (χ1v) is 14.3. The number of hydrogen-bond donors (Lipinski definition) is 0. The summed E-state index contributed by atoms with van der Waals surface area (Å²) in [6.45, 7) is 14.7. The maximum atomic E-state index is 8.74. The average Bonchev–Trinajstić information content (AvgIpc) is 2.67. The van der Waals surface area contributed by atoms with E-state index in [1.54, 1.807) is 6.07 Å². The lowest BCUT2D eigenvalue weighted by molar-refractivity contribution is -0.107. The van der Waals surface area contributed by atoms with Crippen molar-refractivity contribution >= 4 is 19.8 Å². The van der Waals surface area contributed by atoms with Crippen molar-refractivity contribution in [3.8, 4) is 0 Å². The molecule has 0 N–H and O–H groups in total. The van der Waals surface area contributed by atoms with Gasteiger partial charge in [-0.25, -0.2) is 0 Å². The summed E-state index contributed by atoms with van der Waals surface area (Å²) in [7, 11) is -1.08. The van der Waals surface area contributed by atoms with E-state index in [0.29, 0.717) is 12.5 Å². The number of rotatable bonds is 9. The number of azide groups is 1. The zero-order valence-corrected chi connectivity index (χ0v) is 20.2. The molecule has 0 aromatic heterocycles. The van der Waals surface area contributed by atoms with Gasteiger partial charge in [0.2, 0.25) is 0 Å². The Morgan fingerprint density at radius 3 is 2.77 bits per heavy atom. The number of ether oxygens (including phenoxy) is 2. The molecule has 30 heavy (non-hydrogen) atoms. The summed E-state index contributed by atoms with van der Waals surface area (Å²) < 4.78 is 11.9. The van der Waals surface area contributed by atoms with E-state index in [4.69, 9.17) is 15.0 Å². The molecule has 0 amide bonds. The quantitative estimate of drug-likeness (QED) is 0.0776. The van der Waals surface area contributed by atoms with Crippen LogP contribution in [0.4, 0.5) is 5.69 Å². The third-order valence-electron chi connectivity index (χ3n) is 5.50. The first-order valence-electron chi connectivity index (χ1n) is 10.6. The minimum absolute atomic E-state index is 0.0142. The molecule has 0 bridgehead atoms. The van der Waals surface area contributed by atoms with Crippen LogP contribution in [0.3, 0.4) is 0 Å². The van der Waals surface area contributed by atoms with Crippen molar-refractivity contribution in [2.75, 3.05) is 13.4 Å². The summed E-state index contributed by atoms with van der Waals surface area (Å²) in [5, 5.41) is 3.75. The van der Waals surface area contributed by atoms with Crippen molar-refractivity contribution < 1.29 is 9.47 Å². The van der Waals surface area contributed by atoms with Crippen LogP contribution in [0.5, 0.6) is 0 Å². The van der Waals surface area contributed by atoms with E-state index < -0.39 is 8.07 Å². The number of nitrogens with zero attached hydrogens (tertiary/aromatic N) is 3. The van der Waals surface area contributed by atoms with E-state index in [1.807, 2.05) is 24.3 Å². The molecule has 1 aromatic carbocycles. The fourth-order valence-electron chi connectivity index (χ4n) is 3.26. The van der Waals surface area contributed by atoms with E-state index in [2.05, 4.69) is 62.2 Å². The first-order chi connectivity index (χ1) is 14.1. The van der Waals surface area contributed by atoms with E-state index in [9.17, 15) is 0 Å². The predicted molar refractivity (Wildman–Crippen MR) is 127 cm³/mol. The van der Waals surface area contributed by atoms with Crippen LogP contribution in [0.2, 0.25) is 25.7 Å². The molecule has 1 atom stereocenters. The van der Waals surface area contributed by atoms with Gasteiger partial charge in [-0.05, 0) is 59.5 Å². The molecular formula is C24H35N3O2Si. The second-order valence-corrected chi connectivity index (χ2v) is 15.4. The molecule has 5 nitrogen and oxygen atoms in total. The maximum Gasteiger partial charge on any atom is 0.147 e. The molecule has 1 aromatic rings. The van der Waals surface area contributed by atoms with E-state index in [0.717, 1.165) is 36.6 Å². The van der Waals surface area contributed by atoms with Gasteiger partial charge in [-0.15, -0.1) is 5.73 Å². The highest BCUT2D eigenvalue weighted by atomic mass is 28.3. The molecule has 6 heteroatoms. The Morgan fingerprint density at radius 2 is 2.07 bits per heavy atom. The standard InChI is InChI=1S/C24H35N3O2Si/c1-19(11-12-20-9-7-8-10-22(20)26-27-25)21-13-14-24(2,3)23(17-21)29-18-28-15-16-30(4,5)6/h7-10,12,17,23H,13-16,18H2,1-6H3. The molecule has 1 unspecified atom stereocenters. The molecule has 0 radical (unpaired) electrons.